The molecule has 5 N–H and O–H groups in total. The standard InChI is InChI=1S/C15H8N6O6/c16-4-8(12(17)22)10-7-3-5(21(26)27)1-2-6(7)11(18-10)9-13(23)19-15(25)20-14(9)24/h1-3H,(H2,17,22)(H3,19,20,23,24,25)/b10-8-. The zero-order valence-electron chi connectivity index (χ0n) is 13.1. The lowest BCUT2D eigenvalue weighted by Gasteiger charge is -2.04. The number of fused-ring (bicyclic) bond motifs is 1. The molecule has 0 saturated heterocycles. The topological polar surface area (TPSA) is 208 Å². The number of H-pyrrole nitrogens is 2. The number of rotatable bonds is 3. The molecular formula is C15H8N6O6. The highest BCUT2D eigenvalue weighted by Gasteiger charge is 2.31. The molecule has 0 bridgehead atoms. The van der Waals surface area contributed by atoms with Crippen LogP contribution in [0, 0.1) is 21.4 Å². The number of amides is 1. The Bertz CT molecular complexity index is 1240. The predicted octanol–water partition coefficient (Wildman–Crippen LogP) is -0.752. The molecule has 1 aliphatic rings. The van der Waals surface area contributed by atoms with Gasteiger partial charge in [-0.2, -0.15) is 5.26 Å². The first kappa shape index (κ1) is 17.3. The summed E-state index contributed by atoms with van der Waals surface area (Å²) in [5.74, 6) is -1.93. The summed E-state index contributed by atoms with van der Waals surface area (Å²) in [6.45, 7) is 0. The Hall–Kier alpha value is -4.53. The van der Waals surface area contributed by atoms with E-state index in [-0.39, 0.29) is 28.2 Å². The van der Waals surface area contributed by atoms with Gasteiger partial charge in [0.05, 0.1) is 16.3 Å². The van der Waals surface area contributed by atoms with Gasteiger partial charge in [0.15, 0.2) is 0 Å². The predicted molar refractivity (Wildman–Crippen MR) is 89.8 cm³/mol. The molecule has 0 saturated carbocycles. The largest absolute Gasteiger partial charge is 0.494 e. The Kier molecular flexibility index (Phi) is 3.89. The summed E-state index contributed by atoms with van der Waals surface area (Å²) in [5, 5.41) is 30.2. The van der Waals surface area contributed by atoms with Crippen LogP contribution in [0.4, 0.5) is 5.69 Å². The lowest BCUT2D eigenvalue weighted by molar-refractivity contribution is -0.384. The van der Waals surface area contributed by atoms with Gasteiger partial charge in [0.2, 0.25) is 5.88 Å². The molecule has 134 valence electrons. The first-order valence-electron chi connectivity index (χ1n) is 7.12. The van der Waals surface area contributed by atoms with E-state index in [2.05, 4.69) is 4.99 Å². The van der Waals surface area contributed by atoms with E-state index in [1.807, 2.05) is 9.97 Å². The number of benzene rings is 1. The summed E-state index contributed by atoms with van der Waals surface area (Å²) in [6.07, 6.45) is 0. The van der Waals surface area contributed by atoms with Crippen molar-refractivity contribution in [1.82, 2.24) is 9.97 Å². The van der Waals surface area contributed by atoms with Crippen molar-refractivity contribution in [3.63, 3.8) is 0 Å². The lowest BCUT2D eigenvalue weighted by Crippen LogP contribution is -2.27. The summed E-state index contributed by atoms with van der Waals surface area (Å²) in [7, 11) is 0. The van der Waals surface area contributed by atoms with Crippen molar-refractivity contribution in [2.24, 2.45) is 10.7 Å². The molecule has 27 heavy (non-hydrogen) atoms. The molecule has 0 fully saturated rings. The number of aromatic amines is 2. The number of nitro groups is 1. The van der Waals surface area contributed by atoms with Crippen molar-refractivity contribution in [3.05, 3.63) is 71.4 Å². The van der Waals surface area contributed by atoms with E-state index < -0.39 is 39.1 Å². The van der Waals surface area contributed by atoms with Crippen molar-refractivity contribution in [1.29, 1.82) is 5.26 Å². The second-order valence-corrected chi connectivity index (χ2v) is 5.28. The van der Waals surface area contributed by atoms with Gasteiger partial charge in [-0.1, -0.05) is 0 Å². The van der Waals surface area contributed by atoms with Gasteiger partial charge in [0.25, 0.3) is 17.2 Å². The smallest absolute Gasteiger partial charge is 0.328 e. The third kappa shape index (κ3) is 2.74. The van der Waals surface area contributed by atoms with E-state index >= 15 is 0 Å². The SMILES string of the molecule is N#C/C(C(N)=O)=C1/N=C(c2c(O)[nH]c(=O)[nH]c2=O)c2ccc([N+](=O)[O-])cc21. The van der Waals surface area contributed by atoms with Crippen LogP contribution < -0.4 is 17.0 Å². The number of hydrogen-bond donors (Lipinski definition) is 4. The second kappa shape index (κ2) is 6.08. The molecule has 3 rings (SSSR count). The Morgan fingerprint density at radius 1 is 1.30 bits per heavy atom. The number of non-ortho nitro benzene ring substituents is 1. The van der Waals surface area contributed by atoms with Crippen molar-refractivity contribution in [2.45, 2.75) is 0 Å². The van der Waals surface area contributed by atoms with Gasteiger partial charge in [-0.25, -0.2) is 9.79 Å². The Labute approximate surface area is 148 Å². The molecule has 12 nitrogen and oxygen atoms in total. The number of carbonyl (C=O) groups excluding carboxylic acids is 1. The average Bonchev–Trinajstić information content (AvgIpc) is 2.93. The third-order valence-electron chi connectivity index (χ3n) is 3.70. The fraction of sp³-hybridized carbons (Fsp3) is 0. The molecule has 1 aromatic carbocycles. The van der Waals surface area contributed by atoms with Gasteiger partial charge < -0.3 is 10.8 Å². The number of nitrogens with two attached hydrogens (primary N) is 1. The van der Waals surface area contributed by atoms with Crippen molar-refractivity contribution in [2.75, 3.05) is 0 Å². The van der Waals surface area contributed by atoms with Crippen LogP contribution in [-0.4, -0.2) is 31.6 Å². The lowest BCUT2D eigenvalue weighted by atomic mass is 9.98. The second-order valence-electron chi connectivity index (χ2n) is 5.28. The van der Waals surface area contributed by atoms with E-state index in [9.17, 15) is 34.9 Å². The number of nitro benzene ring substituents is 1. The van der Waals surface area contributed by atoms with Crippen molar-refractivity contribution >= 4 is 23.0 Å². The van der Waals surface area contributed by atoms with Crippen LogP contribution >= 0.6 is 0 Å². The maximum Gasteiger partial charge on any atom is 0.328 e. The van der Waals surface area contributed by atoms with Crippen LogP contribution in [0.25, 0.3) is 5.70 Å². The van der Waals surface area contributed by atoms with Gasteiger partial charge in [-0.05, 0) is 6.07 Å². The molecular weight excluding hydrogens is 360 g/mol. The molecule has 2 aromatic rings. The Balaban J connectivity index is 2.42. The Morgan fingerprint density at radius 2 is 2.00 bits per heavy atom. The highest BCUT2D eigenvalue weighted by molar-refractivity contribution is 6.23. The number of aromatic nitrogens is 2. The highest BCUT2D eigenvalue weighted by atomic mass is 16.6. The van der Waals surface area contributed by atoms with Crippen LogP contribution in [0.15, 0.2) is 38.4 Å². The first-order chi connectivity index (χ1) is 12.7. The van der Waals surface area contributed by atoms with E-state index in [0.717, 1.165) is 12.1 Å². The summed E-state index contributed by atoms with van der Waals surface area (Å²) >= 11 is 0. The van der Waals surface area contributed by atoms with Gasteiger partial charge in [0, 0.05) is 23.3 Å². The van der Waals surface area contributed by atoms with Crippen molar-refractivity contribution < 1.29 is 14.8 Å². The number of aromatic hydroxyl groups is 1. The quantitative estimate of drug-likeness (QED) is 0.235. The molecule has 0 atom stereocenters. The number of nitrogens with zero attached hydrogens (tertiary/aromatic N) is 3. The monoisotopic (exact) mass is 368 g/mol. The molecule has 0 unspecified atom stereocenters. The minimum atomic E-state index is -1.13. The number of aliphatic imine (C=N–C) groups is 1. The number of hydrogen-bond acceptors (Lipinski definition) is 8. The zero-order valence-corrected chi connectivity index (χ0v) is 13.1. The molecule has 0 aliphatic carbocycles. The van der Waals surface area contributed by atoms with Gasteiger partial charge in [-0.15, -0.1) is 0 Å². The summed E-state index contributed by atoms with van der Waals surface area (Å²) in [6, 6.07) is 4.97. The molecule has 1 aromatic heterocycles. The fourth-order valence-electron chi connectivity index (χ4n) is 2.58. The molecule has 0 radical (unpaired) electrons. The maximum absolute atomic E-state index is 12.1. The molecule has 1 amide bonds. The zero-order chi connectivity index (χ0) is 19.9. The number of nitrogens with one attached hydrogen (secondary N) is 2. The third-order valence-corrected chi connectivity index (χ3v) is 3.70. The van der Waals surface area contributed by atoms with E-state index in [0.29, 0.717) is 0 Å². The number of nitriles is 1. The van der Waals surface area contributed by atoms with E-state index in [1.54, 1.807) is 6.07 Å². The minimum Gasteiger partial charge on any atom is -0.494 e. The maximum atomic E-state index is 12.1. The summed E-state index contributed by atoms with van der Waals surface area (Å²) < 4.78 is 0. The fourth-order valence-corrected chi connectivity index (χ4v) is 2.58. The summed E-state index contributed by atoms with van der Waals surface area (Å²) in [5.41, 5.74) is 1.45. The first-order valence-corrected chi connectivity index (χ1v) is 7.12. The molecule has 1 aliphatic heterocycles. The van der Waals surface area contributed by atoms with E-state index in [1.165, 1.54) is 6.07 Å². The summed E-state index contributed by atoms with van der Waals surface area (Å²) in [4.78, 5) is 53.2. The minimum absolute atomic E-state index is 0.000417. The van der Waals surface area contributed by atoms with Gasteiger partial charge in [-0.3, -0.25) is 29.7 Å². The van der Waals surface area contributed by atoms with Crippen molar-refractivity contribution in [3.8, 4) is 11.9 Å². The molecule has 12 heteroatoms. The molecule has 2 heterocycles. The van der Waals surface area contributed by atoms with Crippen LogP contribution in [0.2, 0.25) is 0 Å². The van der Waals surface area contributed by atoms with Gasteiger partial charge >= 0.3 is 5.69 Å². The molecule has 0 spiro atoms. The van der Waals surface area contributed by atoms with Crippen LogP contribution in [-0.2, 0) is 4.79 Å². The number of primary amides is 1. The van der Waals surface area contributed by atoms with Gasteiger partial charge in [0.1, 0.15) is 17.2 Å². The number of carbonyl (C=O) groups is 1. The highest BCUT2D eigenvalue weighted by Crippen LogP contribution is 2.36. The normalized spacial score (nSPS) is 14.1. The van der Waals surface area contributed by atoms with Crippen LogP contribution in [0.1, 0.15) is 16.7 Å². The van der Waals surface area contributed by atoms with Crippen LogP contribution in [0.3, 0.4) is 0 Å². The Morgan fingerprint density at radius 3 is 2.56 bits per heavy atom. The average molecular weight is 368 g/mol. The van der Waals surface area contributed by atoms with Crippen LogP contribution in [0.5, 0.6) is 5.88 Å². The van der Waals surface area contributed by atoms with E-state index in [4.69, 9.17) is 5.73 Å².